The van der Waals surface area contributed by atoms with E-state index in [-0.39, 0.29) is 16.7 Å². The summed E-state index contributed by atoms with van der Waals surface area (Å²) in [6.07, 6.45) is 0. The lowest BCUT2D eigenvalue weighted by atomic mass is 9.65. The highest BCUT2D eigenvalue weighted by atomic mass is 32.2. The number of hydrogen-bond acceptors (Lipinski definition) is 2. The van der Waals surface area contributed by atoms with E-state index in [0.29, 0.717) is 16.1 Å². The Hall–Kier alpha value is -2.35. The first-order valence-electron chi connectivity index (χ1n) is 10.1. The highest BCUT2D eigenvalue weighted by molar-refractivity contribution is 8.01. The molecule has 0 radical (unpaired) electrons. The Bertz CT molecular complexity index is 1290. The number of rotatable bonds is 0. The molecule has 0 N–H and O–H groups in total. The van der Waals surface area contributed by atoms with Gasteiger partial charge in [0.1, 0.15) is 0 Å². The molecule has 2 aromatic carbocycles. The smallest absolute Gasteiger partial charge is 0.363 e. The number of nitrogens with zero attached hydrogens (tertiary/aromatic N) is 1. The number of halogens is 6. The summed E-state index contributed by atoms with van der Waals surface area (Å²) in [4.78, 5) is 2.38. The third kappa shape index (κ3) is 1.76. The number of likely N-dealkylation sites (N-methyl/N-ethyl adjacent to an activating group) is 1. The van der Waals surface area contributed by atoms with Gasteiger partial charge in [0, 0.05) is 34.3 Å². The standard InChI is InChI=1S/C24H17F6NS/c1-20-16(12-8-4-6-10-14(12)31(20)3)18-19(23(27,28)24(29,30)22(18,25)26)17-13-9-5-7-11-15(13)32-21(17,20)2/h4-11H,1-3H3. The zero-order valence-corrected chi connectivity index (χ0v) is 18.1. The van der Waals surface area contributed by atoms with E-state index >= 15 is 17.6 Å². The lowest BCUT2D eigenvalue weighted by Gasteiger charge is -2.51. The van der Waals surface area contributed by atoms with Gasteiger partial charge in [-0.1, -0.05) is 36.4 Å². The van der Waals surface area contributed by atoms with Gasteiger partial charge in [-0.25, -0.2) is 0 Å². The van der Waals surface area contributed by atoms with Crippen LogP contribution >= 0.6 is 11.8 Å². The minimum absolute atomic E-state index is 0.124. The maximum absolute atomic E-state index is 15.4. The van der Waals surface area contributed by atoms with Crippen molar-refractivity contribution in [2.45, 2.75) is 46.8 Å². The number of hydrogen-bond donors (Lipinski definition) is 0. The van der Waals surface area contributed by atoms with Crippen molar-refractivity contribution in [1.29, 1.82) is 0 Å². The number of para-hydroxylation sites is 1. The van der Waals surface area contributed by atoms with Crippen LogP contribution in [0.4, 0.5) is 32.0 Å². The predicted molar refractivity (Wildman–Crippen MR) is 113 cm³/mol. The van der Waals surface area contributed by atoms with Crippen molar-refractivity contribution in [3.05, 3.63) is 70.8 Å². The molecule has 2 aliphatic carbocycles. The molecule has 32 heavy (non-hydrogen) atoms. The Morgan fingerprint density at radius 3 is 1.88 bits per heavy atom. The minimum atomic E-state index is -5.55. The number of thioether (sulfide) groups is 1. The van der Waals surface area contributed by atoms with E-state index in [9.17, 15) is 8.78 Å². The van der Waals surface area contributed by atoms with E-state index in [1.165, 1.54) is 11.8 Å². The second-order valence-electron chi connectivity index (χ2n) is 9.00. The molecule has 0 aromatic heterocycles. The van der Waals surface area contributed by atoms with Crippen LogP contribution in [0, 0.1) is 0 Å². The molecule has 166 valence electrons. The Morgan fingerprint density at radius 2 is 1.22 bits per heavy atom. The maximum atomic E-state index is 15.4. The van der Waals surface area contributed by atoms with E-state index in [1.807, 2.05) is 0 Å². The number of fused-ring (bicyclic) bond motifs is 8. The lowest BCUT2D eigenvalue weighted by Crippen LogP contribution is -2.58. The van der Waals surface area contributed by atoms with Crippen molar-refractivity contribution >= 4 is 28.6 Å². The predicted octanol–water partition coefficient (Wildman–Crippen LogP) is 6.90. The Balaban J connectivity index is 1.88. The van der Waals surface area contributed by atoms with E-state index in [2.05, 4.69) is 0 Å². The Kier molecular flexibility index (Phi) is 3.42. The van der Waals surface area contributed by atoms with Crippen molar-refractivity contribution in [3.8, 4) is 0 Å². The van der Waals surface area contributed by atoms with Gasteiger partial charge in [0.15, 0.2) is 0 Å². The SMILES string of the molecule is CN1c2ccccc2C2=C3C(=C4c5ccccc5SC4(C)C21C)C(F)(F)C(F)(F)C3(F)F. The molecule has 2 aliphatic heterocycles. The maximum Gasteiger partial charge on any atom is 0.380 e. The largest absolute Gasteiger partial charge is 0.380 e. The number of benzene rings is 2. The van der Waals surface area contributed by atoms with Crippen LogP contribution in [0.1, 0.15) is 25.0 Å². The molecule has 2 heterocycles. The van der Waals surface area contributed by atoms with Gasteiger partial charge < -0.3 is 4.90 Å². The fraction of sp³-hybridized carbons (Fsp3) is 0.333. The van der Waals surface area contributed by atoms with E-state index in [0.717, 1.165) is 0 Å². The van der Waals surface area contributed by atoms with Crippen LogP contribution in [0.15, 0.2) is 64.6 Å². The molecule has 2 unspecified atom stereocenters. The average Bonchev–Trinajstić information content (AvgIpc) is 3.20. The summed E-state index contributed by atoms with van der Waals surface area (Å²) >= 11 is 1.27. The van der Waals surface area contributed by atoms with Crippen LogP contribution in [0.25, 0.3) is 11.1 Å². The van der Waals surface area contributed by atoms with Gasteiger partial charge in [0.25, 0.3) is 0 Å². The summed E-state index contributed by atoms with van der Waals surface area (Å²) in [7, 11) is 1.70. The minimum Gasteiger partial charge on any atom is -0.363 e. The molecule has 0 bridgehead atoms. The zero-order chi connectivity index (χ0) is 23.1. The number of anilines is 1. The van der Waals surface area contributed by atoms with Crippen molar-refractivity contribution < 1.29 is 26.3 Å². The number of alkyl halides is 6. The van der Waals surface area contributed by atoms with Crippen molar-refractivity contribution in [3.63, 3.8) is 0 Å². The van der Waals surface area contributed by atoms with Gasteiger partial charge >= 0.3 is 17.8 Å². The fourth-order valence-electron chi connectivity index (χ4n) is 5.98. The molecular weight excluding hydrogens is 448 g/mol. The normalized spacial score (nSPS) is 32.5. The number of allylic oxidation sites excluding steroid dienone is 2. The van der Waals surface area contributed by atoms with E-state index < -0.39 is 39.2 Å². The van der Waals surface area contributed by atoms with Crippen molar-refractivity contribution in [2.75, 3.05) is 11.9 Å². The summed E-state index contributed by atoms with van der Waals surface area (Å²) in [5.74, 6) is -15.6. The molecule has 2 atom stereocenters. The molecule has 0 saturated heterocycles. The van der Waals surface area contributed by atoms with Crippen LogP contribution < -0.4 is 4.90 Å². The molecule has 2 aromatic rings. The molecule has 4 aliphatic rings. The van der Waals surface area contributed by atoms with Crippen LogP contribution in [-0.4, -0.2) is 35.1 Å². The fourth-order valence-corrected chi connectivity index (χ4v) is 7.60. The summed E-state index contributed by atoms with van der Waals surface area (Å²) in [5.41, 5.74) is -2.83. The van der Waals surface area contributed by atoms with Gasteiger partial charge in [0.05, 0.1) is 10.3 Å². The molecule has 0 spiro atoms. The molecular formula is C24H17F6NS. The summed E-state index contributed by atoms with van der Waals surface area (Å²) in [6, 6.07) is 13.2. The van der Waals surface area contributed by atoms with E-state index in [4.69, 9.17) is 0 Å². The van der Waals surface area contributed by atoms with Crippen LogP contribution in [-0.2, 0) is 0 Å². The van der Waals surface area contributed by atoms with E-state index in [1.54, 1.807) is 74.3 Å². The molecule has 0 amide bonds. The zero-order valence-electron chi connectivity index (χ0n) is 17.2. The van der Waals surface area contributed by atoms with Gasteiger partial charge in [-0.15, -0.1) is 11.8 Å². The van der Waals surface area contributed by atoms with Crippen LogP contribution in [0.2, 0.25) is 0 Å². The molecule has 8 heteroatoms. The van der Waals surface area contributed by atoms with Gasteiger partial charge in [-0.2, -0.15) is 26.3 Å². The lowest BCUT2D eigenvalue weighted by molar-refractivity contribution is -0.257. The van der Waals surface area contributed by atoms with Gasteiger partial charge in [-0.3, -0.25) is 0 Å². The third-order valence-corrected chi connectivity index (χ3v) is 9.32. The summed E-state index contributed by atoms with van der Waals surface area (Å²) in [6.45, 7) is 3.39. The van der Waals surface area contributed by atoms with Crippen molar-refractivity contribution in [1.82, 2.24) is 0 Å². The first-order valence-corrected chi connectivity index (χ1v) is 10.9. The third-order valence-electron chi connectivity index (χ3n) is 7.74. The molecule has 1 fully saturated rings. The highest BCUT2D eigenvalue weighted by Gasteiger charge is 2.85. The topological polar surface area (TPSA) is 3.24 Å². The Labute approximate surface area is 184 Å². The van der Waals surface area contributed by atoms with Gasteiger partial charge in [0.2, 0.25) is 0 Å². The average molecular weight is 465 g/mol. The monoisotopic (exact) mass is 465 g/mol. The second kappa shape index (κ2) is 5.41. The summed E-state index contributed by atoms with van der Waals surface area (Å²) < 4.78 is 90.0. The van der Waals surface area contributed by atoms with Gasteiger partial charge in [-0.05, 0) is 42.7 Å². The van der Waals surface area contributed by atoms with Crippen LogP contribution in [0.5, 0.6) is 0 Å². The van der Waals surface area contributed by atoms with Crippen LogP contribution in [0.3, 0.4) is 0 Å². The first-order chi connectivity index (χ1) is 14.8. The quantitative estimate of drug-likeness (QED) is 0.390. The summed E-state index contributed by atoms with van der Waals surface area (Å²) in [5, 5.41) is 0. The first kappa shape index (κ1) is 20.3. The second-order valence-corrected chi connectivity index (χ2v) is 10.5. The molecule has 6 rings (SSSR count). The van der Waals surface area contributed by atoms with Crippen molar-refractivity contribution in [2.24, 2.45) is 0 Å². The highest BCUT2D eigenvalue weighted by Crippen LogP contribution is 2.75. The molecule has 1 nitrogen and oxygen atoms in total. The molecule has 1 saturated carbocycles. The Morgan fingerprint density at radius 1 is 0.688 bits per heavy atom.